The zero-order chi connectivity index (χ0) is 22.7. The molecule has 1 N–H and O–H groups in total. The monoisotopic (exact) mass is 460 g/mol. The summed E-state index contributed by atoms with van der Waals surface area (Å²) in [6.45, 7) is 6.48. The van der Waals surface area contributed by atoms with E-state index in [1.54, 1.807) is 12.1 Å². The number of piperazine rings is 1. The van der Waals surface area contributed by atoms with Crippen molar-refractivity contribution in [3.63, 3.8) is 0 Å². The van der Waals surface area contributed by atoms with Crippen LogP contribution in [-0.4, -0.2) is 82.6 Å². The molecule has 1 aliphatic rings. The minimum absolute atomic E-state index is 0.0927. The number of nitrogens with one attached hydrogen (secondary N) is 1. The lowest BCUT2D eigenvalue weighted by Crippen LogP contribution is -2.57. The lowest BCUT2D eigenvalue weighted by atomic mass is 10.0. The molecule has 0 spiro atoms. The number of nitrogens with zero attached hydrogens (tertiary/aromatic N) is 3. The van der Waals surface area contributed by atoms with Crippen LogP contribution in [0.1, 0.15) is 25.8 Å². The maximum absolute atomic E-state index is 13.1. The van der Waals surface area contributed by atoms with Gasteiger partial charge in [0.25, 0.3) is 10.2 Å². The summed E-state index contributed by atoms with van der Waals surface area (Å²) in [6, 6.07) is 5.53. The van der Waals surface area contributed by atoms with Gasteiger partial charge in [0.15, 0.2) is 0 Å². The molecule has 1 unspecified atom stereocenters. The van der Waals surface area contributed by atoms with Crippen molar-refractivity contribution in [3.8, 4) is 0 Å². The van der Waals surface area contributed by atoms with Crippen LogP contribution in [0.2, 0.25) is 0 Å². The van der Waals surface area contributed by atoms with Crippen molar-refractivity contribution >= 4 is 26.1 Å². The SMILES string of the molecule is Cc1ccc(S(=O)(=O)NC(CC(C)C)C(=O)N2CCN(S(=O)(=O)N(C)C)CC2)cc1. The van der Waals surface area contributed by atoms with E-state index >= 15 is 0 Å². The topological polar surface area (TPSA) is 107 Å². The van der Waals surface area contributed by atoms with Crippen LogP contribution in [0.5, 0.6) is 0 Å². The van der Waals surface area contributed by atoms with E-state index in [0.717, 1.165) is 9.87 Å². The molecule has 1 aromatic carbocycles. The fourth-order valence-corrected chi connectivity index (χ4v) is 5.52. The highest BCUT2D eigenvalue weighted by molar-refractivity contribution is 7.89. The molecule has 1 amide bonds. The number of carbonyl (C=O) groups excluding carboxylic acids is 1. The number of rotatable bonds is 8. The number of aryl methyl sites for hydroxylation is 1. The predicted molar refractivity (Wildman–Crippen MR) is 116 cm³/mol. The molecular weight excluding hydrogens is 428 g/mol. The molecule has 1 heterocycles. The number of carbonyl (C=O) groups is 1. The molecule has 0 radical (unpaired) electrons. The number of sulfonamides is 1. The first-order chi connectivity index (χ1) is 13.8. The van der Waals surface area contributed by atoms with E-state index in [0.29, 0.717) is 6.42 Å². The predicted octanol–water partition coefficient (Wildman–Crippen LogP) is 0.639. The Morgan fingerprint density at radius 1 is 1.03 bits per heavy atom. The van der Waals surface area contributed by atoms with Gasteiger partial charge in [0.1, 0.15) is 6.04 Å². The number of amides is 1. The van der Waals surface area contributed by atoms with Crippen molar-refractivity contribution < 1.29 is 21.6 Å². The fourth-order valence-electron chi connectivity index (χ4n) is 3.23. The highest BCUT2D eigenvalue weighted by Crippen LogP contribution is 2.17. The summed E-state index contributed by atoms with van der Waals surface area (Å²) in [5, 5.41) is 0. The van der Waals surface area contributed by atoms with Gasteiger partial charge in [-0.2, -0.15) is 21.8 Å². The first kappa shape index (κ1) is 24.7. The number of hydrogen-bond acceptors (Lipinski definition) is 5. The van der Waals surface area contributed by atoms with E-state index in [2.05, 4.69) is 4.72 Å². The molecule has 30 heavy (non-hydrogen) atoms. The van der Waals surface area contributed by atoms with Gasteiger partial charge in [0, 0.05) is 40.3 Å². The Kier molecular flexibility index (Phi) is 8.03. The summed E-state index contributed by atoms with van der Waals surface area (Å²) in [5.74, 6) is -0.239. The van der Waals surface area contributed by atoms with Crippen LogP contribution >= 0.6 is 0 Å². The van der Waals surface area contributed by atoms with Gasteiger partial charge in [-0.15, -0.1) is 0 Å². The van der Waals surface area contributed by atoms with Gasteiger partial charge in [0.05, 0.1) is 4.90 Å². The third kappa shape index (κ3) is 6.01. The Balaban J connectivity index is 2.14. The van der Waals surface area contributed by atoms with Crippen LogP contribution < -0.4 is 4.72 Å². The Bertz CT molecular complexity index is 936. The normalized spacial score (nSPS) is 17.5. The lowest BCUT2D eigenvalue weighted by molar-refractivity contribution is -0.134. The van der Waals surface area contributed by atoms with Crippen LogP contribution in [0.4, 0.5) is 0 Å². The average molecular weight is 461 g/mol. The zero-order valence-electron chi connectivity index (χ0n) is 18.2. The van der Waals surface area contributed by atoms with E-state index in [1.807, 2.05) is 20.8 Å². The van der Waals surface area contributed by atoms with E-state index < -0.39 is 26.3 Å². The fraction of sp³-hybridized carbons (Fsp3) is 0.632. The summed E-state index contributed by atoms with van der Waals surface area (Å²) >= 11 is 0. The Hall–Kier alpha value is -1.53. The lowest BCUT2D eigenvalue weighted by Gasteiger charge is -2.37. The van der Waals surface area contributed by atoms with Crippen LogP contribution in [0, 0.1) is 12.8 Å². The highest BCUT2D eigenvalue weighted by atomic mass is 32.2. The second kappa shape index (κ2) is 9.73. The molecule has 1 atom stereocenters. The standard InChI is InChI=1S/C19H32N4O5S2/c1-15(2)14-18(20-29(25,26)17-8-6-16(3)7-9-17)19(24)22-10-12-23(13-11-22)30(27,28)21(4)5/h6-9,15,18,20H,10-14H2,1-5H3. The van der Waals surface area contributed by atoms with E-state index in [9.17, 15) is 21.6 Å². The van der Waals surface area contributed by atoms with Crippen molar-refractivity contribution in [3.05, 3.63) is 29.8 Å². The maximum Gasteiger partial charge on any atom is 0.281 e. The molecule has 1 fully saturated rings. The molecule has 2 rings (SSSR count). The van der Waals surface area contributed by atoms with Crippen LogP contribution in [-0.2, 0) is 25.0 Å². The summed E-state index contributed by atoms with van der Waals surface area (Å²) in [6.07, 6.45) is 0.347. The van der Waals surface area contributed by atoms with E-state index in [-0.39, 0.29) is 42.9 Å². The molecule has 0 saturated carbocycles. The third-order valence-corrected chi connectivity index (χ3v) is 8.40. The van der Waals surface area contributed by atoms with Gasteiger partial charge in [0.2, 0.25) is 15.9 Å². The van der Waals surface area contributed by atoms with E-state index in [1.165, 1.54) is 35.4 Å². The van der Waals surface area contributed by atoms with Gasteiger partial charge >= 0.3 is 0 Å². The quantitative estimate of drug-likeness (QED) is 0.613. The van der Waals surface area contributed by atoms with Crippen LogP contribution in [0.15, 0.2) is 29.2 Å². The highest BCUT2D eigenvalue weighted by Gasteiger charge is 2.34. The minimum Gasteiger partial charge on any atom is -0.339 e. The molecule has 0 aliphatic carbocycles. The number of hydrogen-bond donors (Lipinski definition) is 1. The Morgan fingerprint density at radius 3 is 2.03 bits per heavy atom. The third-order valence-electron chi connectivity index (χ3n) is 4.97. The van der Waals surface area contributed by atoms with Crippen molar-refractivity contribution in [2.75, 3.05) is 40.3 Å². The summed E-state index contributed by atoms with van der Waals surface area (Å²) in [7, 11) is -4.47. The first-order valence-electron chi connectivity index (χ1n) is 9.90. The second-order valence-corrected chi connectivity index (χ2v) is 12.0. The Labute approximate surface area is 180 Å². The molecule has 9 nitrogen and oxygen atoms in total. The molecule has 0 aromatic heterocycles. The average Bonchev–Trinajstić information content (AvgIpc) is 2.66. The summed E-state index contributed by atoms with van der Waals surface area (Å²) in [4.78, 5) is 14.7. The molecular formula is C19H32N4O5S2. The molecule has 1 aromatic rings. The van der Waals surface area contributed by atoms with Gasteiger partial charge < -0.3 is 4.90 Å². The van der Waals surface area contributed by atoms with Crippen LogP contribution in [0.3, 0.4) is 0 Å². The smallest absolute Gasteiger partial charge is 0.281 e. The van der Waals surface area contributed by atoms with E-state index in [4.69, 9.17) is 0 Å². The number of benzene rings is 1. The summed E-state index contributed by atoms with van der Waals surface area (Å²) in [5.41, 5.74) is 0.939. The van der Waals surface area contributed by atoms with Gasteiger partial charge in [-0.1, -0.05) is 31.5 Å². The van der Waals surface area contributed by atoms with Crippen molar-refractivity contribution in [1.29, 1.82) is 0 Å². The minimum atomic E-state index is -3.86. The maximum atomic E-state index is 13.1. The zero-order valence-corrected chi connectivity index (χ0v) is 19.8. The van der Waals surface area contributed by atoms with Crippen molar-refractivity contribution in [2.45, 2.75) is 38.1 Å². The Morgan fingerprint density at radius 2 is 1.57 bits per heavy atom. The van der Waals surface area contributed by atoms with Crippen molar-refractivity contribution in [2.24, 2.45) is 5.92 Å². The molecule has 170 valence electrons. The van der Waals surface area contributed by atoms with Crippen molar-refractivity contribution in [1.82, 2.24) is 18.2 Å². The first-order valence-corrected chi connectivity index (χ1v) is 12.8. The van der Waals surface area contributed by atoms with Gasteiger partial charge in [-0.3, -0.25) is 4.79 Å². The molecule has 11 heteroatoms. The molecule has 0 bridgehead atoms. The van der Waals surface area contributed by atoms with Crippen LogP contribution in [0.25, 0.3) is 0 Å². The molecule has 1 saturated heterocycles. The second-order valence-electron chi connectivity index (χ2n) is 8.13. The van der Waals surface area contributed by atoms with Gasteiger partial charge in [-0.25, -0.2) is 8.42 Å². The van der Waals surface area contributed by atoms with Gasteiger partial charge in [-0.05, 0) is 31.4 Å². The molecule has 1 aliphatic heterocycles. The largest absolute Gasteiger partial charge is 0.339 e. The summed E-state index contributed by atoms with van der Waals surface area (Å²) < 4.78 is 55.2.